The fourth-order valence-electron chi connectivity index (χ4n) is 3.98. The van der Waals surface area contributed by atoms with Crippen molar-refractivity contribution in [1.82, 2.24) is 15.5 Å². The van der Waals surface area contributed by atoms with Crippen molar-refractivity contribution >= 4 is 6.03 Å². The first kappa shape index (κ1) is 23.6. The van der Waals surface area contributed by atoms with Crippen LogP contribution in [0.15, 0.2) is 60.0 Å². The third-order valence-electron chi connectivity index (χ3n) is 5.65. The van der Waals surface area contributed by atoms with Crippen molar-refractivity contribution in [3.05, 3.63) is 71.1 Å². The van der Waals surface area contributed by atoms with Crippen LogP contribution in [-0.2, 0) is 0 Å². The van der Waals surface area contributed by atoms with E-state index in [2.05, 4.69) is 53.3 Å². The third kappa shape index (κ3) is 6.68. The predicted octanol–water partition coefficient (Wildman–Crippen LogP) is 4.92. The molecule has 0 saturated carbocycles. The highest BCUT2D eigenvalue weighted by molar-refractivity contribution is 5.74. The second-order valence-electron chi connectivity index (χ2n) is 7.73. The molecule has 3 rings (SSSR count). The number of rotatable bonds is 6. The van der Waals surface area contributed by atoms with E-state index in [4.69, 9.17) is 5.73 Å². The first-order chi connectivity index (χ1) is 14.5. The second-order valence-corrected chi connectivity index (χ2v) is 7.73. The Balaban J connectivity index is 0.00000155. The van der Waals surface area contributed by atoms with Gasteiger partial charge in [0.15, 0.2) is 0 Å². The Bertz CT molecular complexity index is 781. The smallest absolute Gasteiger partial charge is 0.315 e. The van der Waals surface area contributed by atoms with E-state index in [1.54, 1.807) is 0 Å². The molecule has 5 nitrogen and oxygen atoms in total. The van der Waals surface area contributed by atoms with E-state index in [0.717, 1.165) is 37.2 Å². The van der Waals surface area contributed by atoms with Crippen LogP contribution in [0.25, 0.3) is 0 Å². The summed E-state index contributed by atoms with van der Waals surface area (Å²) in [6, 6.07) is 8.75. The summed E-state index contributed by atoms with van der Waals surface area (Å²) in [5.74, 6) is 0. The lowest BCUT2D eigenvalue weighted by Gasteiger charge is -2.39. The maximum Gasteiger partial charge on any atom is 0.315 e. The zero-order valence-corrected chi connectivity index (χ0v) is 18.8. The van der Waals surface area contributed by atoms with E-state index in [0.29, 0.717) is 19.1 Å². The molecule has 1 fully saturated rings. The van der Waals surface area contributed by atoms with E-state index in [1.165, 1.54) is 29.5 Å². The molecule has 1 atom stereocenters. The molecule has 1 aromatic rings. The molecule has 4 N–H and O–H groups in total. The minimum atomic E-state index is -0.158. The lowest BCUT2D eigenvalue weighted by atomic mass is 9.92. The number of hydrogen-bond acceptors (Lipinski definition) is 3. The Hall–Kier alpha value is -2.69. The molecule has 1 aromatic carbocycles. The molecule has 1 heterocycles. The summed E-state index contributed by atoms with van der Waals surface area (Å²) in [4.78, 5) is 14.6. The number of carbonyl (C=O) groups is 1. The quantitative estimate of drug-likeness (QED) is 0.623. The molecule has 2 aliphatic rings. The zero-order chi connectivity index (χ0) is 21.9. The van der Waals surface area contributed by atoms with Crippen LogP contribution in [0.3, 0.4) is 0 Å². The van der Waals surface area contributed by atoms with Gasteiger partial charge < -0.3 is 21.3 Å². The Morgan fingerprint density at radius 2 is 1.93 bits per heavy atom. The van der Waals surface area contributed by atoms with Crippen molar-refractivity contribution in [2.24, 2.45) is 5.73 Å². The van der Waals surface area contributed by atoms with Crippen LogP contribution >= 0.6 is 0 Å². The lowest BCUT2D eigenvalue weighted by Crippen LogP contribution is -2.41. The number of carbonyl (C=O) groups excluding carboxylic acids is 1. The van der Waals surface area contributed by atoms with Crippen molar-refractivity contribution in [2.75, 3.05) is 19.6 Å². The molecule has 0 aromatic heterocycles. The van der Waals surface area contributed by atoms with Gasteiger partial charge in [-0.1, -0.05) is 56.3 Å². The summed E-state index contributed by atoms with van der Waals surface area (Å²) in [6.45, 7) is 12.4. The number of allylic oxidation sites excluding steroid dienone is 3. The van der Waals surface area contributed by atoms with E-state index in [-0.39, 0.29) is 6.03 Å². The Morgan fingerprint density at radius 1 is 1.17 bits per heavy atom. The fraction of sp³-hybridized carbons (Fsp3) is 0.480. The Morgan fingerprint density at radius 3 is 2.63 bits per heavy atom. The van der Waals surface area contributed by atoms with Crippen LogP contribution in [-0.4, -0.2) is 30.6 Å². The number of aryl methyl sites for hydroxylation is 1. The molecule has 1 saturated heterocycles. The van der Waals surface area contributed by atoms with E-state index in [9.17, 15) is 4.79 Å². The largest absolute Gasteiger partial charge is 0.402 e. The standard InChI is InChI=1S/C23H32N4O.C2H6/c1-17-7-3-4-8-21(17)22-9-5-6-14-27(22)18(2)15-25-23(28)26-16-19-10-12-20(24)13-11-19;1-2/h3-4,7-8,10,12,22H,2,5-6,9,11,13-16,24H2,1H3,(H2,25,26,28);1-2H3. The number of amides is 2. The molecule has 0 spiro atoms. The van der Waals surface area contributed by atoms with Gasteiger partial charge in [-0.05, 0) is 56.2 Å². The lowest BCUT2D eigenvalue weighted by molar-refractivity contribution is 0.190. The van der Waals surface area contributed by atoms with Crippen molar-refractivity contribution in [3.63, 3.8) is 0 Å². The van der Waals surface area contributed by atoms with Gasteiger partial charge in [0.1, 0.15) is 0 Å². The van der Waals surface area contributed by atoms with Crippen LogP contribution < -0.4 is 16.4 Å². The Kier molecular flexibility index (Phi) is 9.52. The van der Waals surface area contributed by atoms with Crippen molar-refractivity contribution in [3.8, 4) is 0 Å². The summed E-state index contributed by atoms with van der Waals surface area (Å²) in [7, 11) is 0. The first-order valence-corrected chi connectivity index (χ1v) is 11.2. The zero-order valence-electron chi connectivity index (χ0n) is 18.8. The first-order valence-electron chi connectivity index (χ1n) is 11.2. The van der Waals surface area contributed by atoms with Gasteiger partial charge >= 0.3 is 6.03 Å². The highest BCUT2D eigenvalue weighted by Gasteiger charge is 2.25. The highest BCUT2D eigenvalue weighted by Crippen LogP contribution is 2.34. The average molecular weight is 411 g/mol. The van der Waals surface area contributed by atoms with Crippen LogP contribution in [0.2, 0.25) is 0 Å². The Labute approximate surface area is 182 Å². The predicted molar refractivity (Wildman–Crippen MR) is 126 cm³/mol. The normalized spacial score (nSPS) is 18.4. The molecule has 1 unspecified atom stereocenters. The molecule has 164 valence electrons. The number of likely N-dealkylation sites (tertiary alicyclic amines) is 1. The highest BCUT2D eigenvalue weighted by atomic mass is 16.2. The molecule has 30 heavy (non-hydrogen) atoms. The summed E-state index contributed by atoms with van der Waals surface area (Å²) >= 11 is 0. The molecule has 1 aliphatic heterocycles. The van der Waals surface area contributed by atoms with E-state index >= 15 is 0 Å². The molecular formula is C25H38N4O. The van der Waals surface area contributed by atoms with Crippen molar-refractivity contribution < 1.29 is 4.79 Å². The monoisotopic (exact) mass is 410 g/mol. The minimum Gasteiger partial charge on any atom is -0.402 e. The number of urea groups is 1. The molecule has 2 amide bonds. The van der Waals surface area contributed by atoms with Crippen LogP contribution in [0, 0.1) is 6.92 Å². The van der Waals surface area contributed by atoms with Crippen molar-refractivity contribution in [1.29, 1.82) is 0 Å². The van der Waals surface area contributed by atoms with Gasteiger partial charge in [0.25, 0.3) is 0 Å². The van der Waals surface area contributed by atoms with E-state index in [1.807, 2.05) is 26.0 Å². The molecule has 5 heteroatoms. The molecular weight excluding hydrogens is 372 g/mol. The van der Waals surface area contributed by atoms with Gasteiger partial charge in [-0.25, -0.2) is 4.79 Å². The minimum absolute atomic E-state index is 0.158. The number of nitrogens with one attached hydrogen (secondary N) is 2. The van der Waals surface area contributed by atoms with Crippen LogP contribution in [0.4, 0.5) is 4.79 Å². The summed E-state index contributed by atoms with van der Waals surface area (Å²) in [6.07, 6.45) is 9.20. The maximum atomic E-state index is 12.2. The van der Waals surface area contributed by atoms with Gasteiger partial charge in [-0.2, -0.15) is 0 Å². The maximum absolute atomic E-state index is 12.2. The summed E-state index contributed by atoms with van der Waals surface area (Å²) < 4.78 is 0. The topological polar surface area (TPSA) is 70.4 Å². The van der Waals surface area contributed by atoms with Gasteiger partial charge in [0.2, 0.25) is 0 Å². The molecule has 1 aliphatic carbocycles. The van der Waals surface area contributed by atoms with Gasteiger partial charge in [0, 0.05) is 24.5 Å². The number of piperidine rings is 1. The van der Waals surface area contributed by atoms with Gasteiger partial charge in [-0.15, -0.1) is 0 Å². The molecule has 0 bridgehead atoms. The summed E-state index contributed by atoms with van der Waals surface area (Å²) in [5.41, 5.74) is 11.5. The van der Waals surface area contributed by atoms with Gasteiger partial charge in [0.05, 0.1) is 12.6 Å². The van der Waals surface area contributed by atoms with E-state index < -0.39 is 0 Å². The SMILES string of the molecule is C=C(CNC(=O)NCC1=CC=C(N)CC1)N1CCCCC1c1ccccc1C.CC. The van der Waals surface area contributed by atoms with Crippen LogP contribution in [0.1, 0.15) is 63.1 Å². The summed E-state index contributed by atoms with van der Waals surface area (Å²) in [5, 5.41) is 5.89. The van der Waals surface area contributed by atoms with Gasteiger partial charge in [-0.3, -0.25) is 0 Å². The van der Waals surface area contributed by atoms with Crippen molar-refractivity contribution in [2.45, 2.75) is 58.9 Å². The number of nitrogens with two attached hydrogens (primary N) is 1. The third-order valence-corrected chi connectivity index (χ3v) is 5.65. The second kappa shape index (κ2) is 12.1. The average Bonchev–Trinajstić information content (AvgIpc) is 2.79. The number of benzene rings is 1. The fourth-order valence-corrected chi connectivity index (χ4v) is 3.98. The number of hydrogen-bond donors (Lipinski definition) is 3. The van der Waals surface area contributed by atoms with Crippen LogP contribution in [0.5, 0.6) is 0 Å². The number of nitrogens with zero attached hydrogens (tertiary/aromatic N) is 1. The molecule has 0 radical (unpaired) electrons.